The zero-order valence-electron chi connectivity index (χ0n) is 18.7. The number of likely N-dealkylation sites (N-methyl/N-ethyl adjacent to an activating group) is 1. The van der Waals surface area contributed by atoms with Gasteiger partial charge < -0.3 is 19.9 Å². The van der Waals surface area contributed by atoms with Gasteiger partial charge in [0.1, 0.15) is 5.75 Å². The first-order valence-electron chi connectivity index (χ1n) is 11.9. The molecule has 2 saturated carbocycles. The van der Waals surface area contributed by atoms with Crippen molar-refractivity contribution < 1.29 is 14.1 Å². The maximum Gasteiger partial charge on any atom is 0.239 e. The van der Waals surface area contributed by atoms with Gasteiger partial charge in [0.2, 0.25) is 5.91 Å². The Balaban J connectivity index is 1.18. The molecule has 0 radical (unpaired) electrons. The van der Waals surface area contributed by atoms with Crippen molar-refractivity contribution >= 4 is 23.0 Å². The highest BCUT2D eigenvalue weighted by Crippen LogP contribution is 2.32. The van der Waals surface area contributed by atoms with E-state index in [2.05, 4.69) is 12.1 Å². The summed E-state index contributed by atoms with van der Waals surface area (Å²) in [6, 6.07) is 8.28. The maximum absolute atomic E-state index is 12.7. The van der Waals surface area contributed by atoms with E-state index in [9.17, 15) is 9.35 Å². The molecule has 1 saturated heterocycles. The van der Waals surface area contributed by atoms with Crippen LogP contribution in [0.2, 0.25) is 0 Å². The number of amides is 1. The summed E-state index contributed by atoms with van der Waals surface area (Å²) in [5.41, 5.74) is 8.52. The summed E-state index contributed by atoms with van der Waals surface area (Å²) in [5.74, 6) is 1.72. The number of hydrogen-bond acceptors (Lipinski definition) is 5. The summed E-state index contributed by atoms with van der Waals surface area (Å²) in [5, 5.41) is 0. The lowest BCUT2D eigenvalue weighted by Gasteiger charge is -2.38. The van der Waals surface area contributed by atoms with Crippen molar-refractivity contribution in [1.29, 1.82) is 0 Å². The van der Waals surface area contributed by atoms with Crippen molar-refractivity contribution in [3.8, 4) is 0 Å². The van der Waals surface area contributed by atoms with Crippen LogP contribution in [0.1, 0.15) is 56.9 Å². The van der Waals surface area contributed by atoms with Gasteiger partial charge in [-0.25, -0.2) is 0 Å². The van der Waals surface area contributed by atoms with Crippen LogP contribution in [0.25, 0.3) is 0 Å². The van der Waals surface area contributed by atoms with Gasteiger partial charge in [-0.05, 0) is 74.5 Å². The van der Waals surface area contributed by atoms with Gasteiger partial charge in [-0.2, -0.15) is 4.31 Å². The summed E-state index contributed by atoms with van der Waals surface area (Å²) in [4.78, 5) is 14.6. The Labute approximate surface area is 189 Å². The average Bonchev–Trinajstić information content (AvgIpc) is 3.18. The zero-order valence-corrected chi connectivity index (χ0v) is 19.5. The number of ether oxygens (including phenoxy) is 1. The van der Waals surface area contributed by atoms with E-state index in [1.807, 2.05) is 28.4 Å². The van der Waals surface area contributed by atoms with E-state index in [-0.39, 0.29) is 11.9 Å². The van der Waals surface area contributed by atoms with Crippen molar-refractivity contribution in [2.75, 3.05) is 30.3 Å². The first-order valence-corrected chi connectivity index (χ1v) is 13.2. The molecule has 1 heterocycles. The summed E-state index contributed by atoms with van der Waals surface area (Å²) >= 11 is -0.888. The van der Waals surface area contributed by atoms with E-state index in [0.29, 0.717) is 24.5 Å². The number of nitrogens with two attached hydrogens (primary N) is 1. The van der Waals surface area contributed by atoms with Crippen molar-refractivity contribution in [1.82, 2.24) is 4.90 Å². The topological polar surface area (TPSA) is 81.9 Å². The van der Waals surface area contributed by atoms with E-state index < -0.39 is 11.4 Å². The molecule has 1 aromatic rings. The van der Waals surface area contributed by atoms with Crippen LogP contribution in [0.5, 0.6) is 0 Å². The molecular formula is C24H37N3O3S. The third kappa shape index (κ3) is 5.56. The second kappa shape index (κ2) is 10.6. The molecular weight excluding hydrogens is 410 g/mol. The number of carbonyl (C=O) groups excluding carboxylic acids is 1. The van der Waals surface area contributed by atoms with Crippen LogP contribution < -0.4 is 10.0 Å². The smallest absolute Gasteiger partial charge is 0.239 e. The molecule has 1 unspecified atom stereocenters. The Morgan fingerprint density at radius 3 is 2.68 bits per heavy atom. The predicted molar refractivity (Wildman–Crippen MR) is 125 cm³/mol. The van der Waals surface area contributed by atoms with Crippen LogP contribution in [0.4, 0.5) is 5.69 Å². The quantitative estimate of drug-likeness (QED) is 0.619. The number of benzene rings is 1. The number of hydrogen-bond donors (Lipinski definition) is 1. The van der Waals surface area contributed by atoms with Crippen molar-refractivity contribution in [3.05, 3.63) is 29.8 Å². The van der Waals surface area contributed by atoms with Crippen LogP contribution in [-0.2, 0) is 27.5 Å². The van der Waals surface area contributed by atoms with E-state index in [4.69, 9.17) is 10.5 Å². The zero-order chi connectivity index (χ0) is 21.8. The lowest BCUT2D eigenvalue weighted by molar-refractivity contribution is -0.136. The Morgan fingerprint density at radius 1 is 1.26 bits per heavy atom. The molecule has 7 heteroatoms. The summed E-state index contributed by atoms with van der Waals surface area (Å²) in [6.45, 7) is 2.19. The highest BCUT2D eigenvalue weighted by molar-refractivity contribution is 7.93. The van der Waals surface area contributed by atoms with Crippen molar-refractivity contribution in [2.45, 2.75) is 70.1 Å². The highest BCUT2D eigenvalue weighted by atomic mass is 32.2. The summed E-state index contributed by atoms with van der Waals surface area (Å²) < 4.78 is 20.1. The fourth-order valence-corrected chi connectivity index (χ4v) is 6.32. The van der Waals surface area contributed by atoms with Crippen LogP contribution in [0.3, 0.4) is 0 Å². The molecule has 0 aromatic heterocycles. The first kappa shape index (κ1) is 22.9. The molecule has 0 bridgehead atoms. The normalized spacial score (nSPS) is 27.7. The summed E-state index contributed by atoms with van der Waals surface area (Å²) in [7, 11) is 1.92. The molecule has 4 rings (SSSR count). The molecule has 6 nitrogen and oxygen atoms in total. The lowest BCUT2D eigenvalue weighted by Crippen LogP contribution is -2.52. The molecule has 0 spiro atoms. The minimum absolute atomic E-state index is 0.128. The predicted octanol–water partition coefficient (Wildman–Crippen LogP) is 3.22. The molecule has 31 heavy (non-hydrogen) atoms. The number of anilines is 1. The first-order chi connectivity index (χ1) is 15.0. The van der Waals surface area contributed by atoms with Gasteiger partial charge in [-0.3, -0.25) is 4.79 Å². The lowest BCUT2D eigenvalue weighted by atomic mass is 9.78. The SMILES string of the molecule is CN(C(=O)[C@@H](N)C1CCC(COCc2cccc(N3CCC[S+]3[O-])c2)CC1)C1CCC1. The number of carbonyl (C=O) groups is 1. The summed E-state index contributed by atoms with van der Waals surface area (Å²) in [6.07, 6.45) is 8.63. The number of nitrogens with zero attached hydrogens (tertiary/aromatic N) is 2. The largest absolute Gasteiger partial charge is 0.593 e. The van der Waals surface area contributed by atoms with Gasteiger partial charge in [0.15, 0.2) is 0 Å². The highest BCUT2D eigenvalue weighted by Gasteiger charge is 2.34. The second-order valence-corrected chi connectivity index (χ2v) is 11.0. The molecule has 2 N–H and O–H groups in total. The molecule has 3 fully saturated rings. The molecule has 2 atom stereocenters. The van der Waals surface area contributed by atoms with Crippen LogP contribution in [0, 0.1) is 11.8 Å². The van der Waals surface area contributed by atoms with Crippen LogP contribution in [-0.4, -0.2) is 53.4 Å². The van der Waals surface area contributed by atoms with Gasteiger partial charge in [0, 0.05) is 26.1 Å². The average molecular weight is 448 g/mol. The molecule has 1 aromatic carbocycles. The van der Waals surface area contributed by atoms with Crippen molar-refractivity contribution in [3.63, 3.8) is 0 Å². The minimum atomic E-state index is -0.888. The molecule has 1 amide bonds. The molecule has 172 valence electrons. The molecule has 3 aliphatic rings. The molecule has 2 aliphatic carbocycles. The van der Waals surface area contributed by atoms with Crippen molar-refractivity contribution in [2.24, 2.45) is 17.6 Å². The van der Waals surface area contributed by atoms with E-state index >= 15 is 0 Å². The fourth-order valence-electron chi connectivity index (χ4n) is 5.04. The standard InChI is InChI=1S/C24H37N3O3S/c1-26(21-6-3-7-21)24(28)23(25)20-11-9-18(10-12-20)16-30-17-19-5-2-8-22(15-19)27-13-4-14-31(27)29/h2,5,8,15,18,20-21,23H,3-4,6-7,9-14,16-17,25H2,1H3/t18?,20?,23-,31?/m0/s1. The Bertz CT molecular complexity index is 737. The van der Waals surface area contributed by atoms with Gasteiger partial charge in [-0.1, -0.05) is 12.1 Å². The Kier molecular flexibility index (Phi) is 7.80. The van der Waals surface area contributed by atoms with Gasteiger partial charge in [0.25, 0.3) is 0 Å². The van der Waals surface area contributed by atoms with E-state index in [1.165, 1.54) is 6.42 Å². The third-order valence-corrected chi connectivity index (χ3v) is 8.92. The van der Waals surface area contributed by atoms with Gasteiger partial charge >= 0.3 is 0 Å². The van der Waals surface area contributed by atoms with Crippen LogP contribution >= 0.6 is 0 Å². The van der Waals surface area contributed by atoms with E-state index in [1.54, 1.807) is 0 Å². The van der Waals surface area contributed by atoms with Crippen LogP contribution in [0.15, 0.2) is 24.3 Å². The number of rotatable bonds is 8. The Hall–Kier alpha value is -1.28. The fraction of sp³-hybridized carbons (Fsp3) is 0.708. The maximum atomic E-state index is 12.7. The molecule has 1 aliphatic heterocycles. The van der Waals surface area contributed by atoms with Gasteiger partial charge in [-0.15, -0.1) is 0 Å². The van der Waals surface area contributed by atoms with E-state index in [0.717, 1.165) is 75.1 Å². The second-order valence-electron chi connectivity index (χ2n) is 9.51. The third-order valence-electron chi connectivity index (χ3n) is 7.40. The monoisotopic (exact) mass is 447 g/mol. The Morgan fingerprint density at radius 2 is 2.03 bits per heavy atom. The minimum Gasteiger partial charge on any atom is -0.593 e. The van der Waals surface area contributed by atoms with Gasteiger partial charge in [0.05, 0.1) is 36.2 Å².